The van der Waals surface area contributed by atoms with Crippen LogP contribution in [0.2, 0.25) is 0 Å². The normalized spacial score (nSPS) is 22.5. The fourth-order valence-corrected chi connectivity index (χ4v) is 1.74. The molecule has 0 aromatic heterocycles. The minimum atomic E-state index is -0.954. The molecule has 2 unspecified atom stereocenters. The highest BCUT2D eigenvalue weighted by atomic mass is 16.5. The van der Waals surface area contributed by atoms with Gasteiger partial charge in [-0.2, -0.15) is 0 Å². The molecule has 0 spiro atoms. The van der Waals surface area contributed by atoms with E-state index in [4.69, 9.17) is 4.74 Å². The maximum absolute atomic E-state index is 11.4. The number of esters is 1. The predicted molar refractivity (Wildman–Crippen MR) is 61.4 cm³/mol. The molecule has 1 saturated heterocycles. The number of hydrogen-bond acceptors (Lipinski definition) is 6. The van der Waals surface area contributed by atoms with Crippen molar-refractivity contribution in [2.24, 2.45) is 0 Å². The number of hydrogen-bond donors (Lipinski definition) is 2. The van der Waals surface area contributed by atoms with Gasteiger partial charge >= 0.3 is 5.97 Å². The van der Waals surface area contributed by atoms with Crippen LogP contribution < -0.4 is 5.32 Å². The second kappa shape index (κ2) is 6.46. The molecule has 102 valence electrons. The van der Waals surface area contributed by atoms with Crippen molar-refractivity contribution in [3.05, 3.63) is 0 Å². The Bertz CT molecular complexity index is 344. The standard InChI is InChI=1S/C11H18N2O5/c1-3-18-10(16)4-8(14)5-13-6-9(15)12-11(17)7(13)2/h7-8,14H,3-6H2,1-2H3,(H,12,15,17). The molecule has 1 heterocycles. The average molecular weight is 258 g/mol. The fourth-order valence-electron chi connectivity index (χ4n) is 1.74. The molecule has 0 aromatic rings. The van der Waals surface area contributed by atoms with Crippen molar-refractivity contribution in [3.8, 4) is 0 Å². The molecule has 2 atom stereocenters. The Hall–Kier alpha value is -1.47. The summed E-state index contributed by atoms with van der Waals surface area (Å²) in [5, 5.41) is 11.9. The molecular formula is C11H18N2O5. The molecular weight excluding hydrogens is 240 g/mol. The van der Waals surface area contributed by atoms with Gasteiger partial charge in [0, 0.05) is 6.54 Å². The number of ether oxygens (including phenoxy) is 1. The first-order valence-corrected chi connectivity index (χ1v) is 5.85. The van der Waals surface area contributed by atoms with Crippen molar-refractivity contribution in [2.45, 2.75) is 32.4 Å². The molecule has 0 saturated carbocycles. The Kier molecular flexibility index (Phi) is 5.24. The zero-order chi connectivity index (χ0) is 13.7. The average Bonchev–Trinajstić information content (AvgIpc) is 2.25. The number of aliphatic hydroxyl groups excluding tert-OH is 1. The van der Waals surface area contributed by atoms with E-state index in [2.05, 4.69) is 5.32 Å². The van der Waals surface area contributed by atoms with E-state index < -0.39 is 29.9 Å². The van der Waals surface area contributed by atoms with Gasteiger partial charge in [0.25, 0.3) is 0 Å². The van der Waals surface area contributed by atoms with E-state index in [0.29, 0.717) is 0 Å². The molecule has 7 nitrogen and oxygen atoms in total. The molecule has 1 aliphatic heterocycles. The largest absolute Gasteiger partial charge is 0.466 e. The minimum absolute atomic E-state index is 0.0345. The number of carbonyl (C=O) groups is 3. The van der Waals surface area contributed by atoms with E-state index >= 15 is 0 Å². The Morgan fingerprint density at radius 2 is 2.28 bits per heavy atom. The second-order valence-corrected chi connectivity index (χ2v) is 4.18. The number of nitrogens with one attached hydrogen (secondary N) is 1. The number of carbonyl (C=O) groups excluding carboxylic acids is 3. The summed E-state index contributed by atoms with van der Waals surface area (Å²) in [7, 11) is 0. The summed E-state index contributed by atoms with van der Waals surface area (Å²) in [6.45, 7) is 3.69. The zero-order valence-electron chi connectivity index (χ0n) is 10.5. The van der Waals surface area contributed by atoms with Crippen molar-refractivity contribution in [1.29, 1.82) is 0 Å². The SMILES string of the molecule is CCOC(=O)CC(O)CN1CC(=O)NC(=O)C1C. The highest BCUT2D eigenvalue weighted by molar-refractivity contribution is 6.00. The predicted octanol–water partition coefficient (Wildman–Crippen LogP) is -1.35. The zero-order valence-corrected chi connectivity index (χ0v) is 10.5. The van der Waals surface area contributed by atoms with Crippen molar-refractivity contribution < 1.29 is 24.2 Å². The molecule has 0 bridgehead atoms. The minimum Gasteiger partial charge on any atom is -0.466 e. The maximum Gasteiger partial charge on any atom is 0.308 e. The Labute approximate surface area is 105 Å². The lowest BCUT2D eigenvalue weighted by Crippen LogP contribution is -2.58. The lowest BCUT2D eigenvalue weighted by atomic mass is 10.1. The maximum atomic E-state index is 11.4. The van der Waals surface area contributed by atoms with Gasteiger partial charge in [0.05, 0.1) is 31.7 Å². The van der Waals surface area contributed by atoms with Crippen LogP contribution >= 0.6 is 0 Å². The number of rotatable bonds is 5. The number of amides is 2. The summed E-state index contributed by atoms with van der Waals surface area (Å²) in [5.41, 5.74) is 0. The highest BCUT2D eigenvalue weighted by Crippen LogP contribution is 2.07. The quantitative estimate of drug-likeness (QED) is 0.467. The Morgan fingerprint density at radius 1 is 1.61 bits per heavy atom. The van der Waals surface area contributed by atoms with E-state index in [1.165, 1.54) is 4.90 Å². The number of piperazine rings is 1. The topological polar surface area (TPSA) is 95.9 Å². The lowest BCUT2D eigenvalue weighted by Gasteiger charge is -2.32. The van der Waals surface area contributed by atoms with Gasteiger partial charge in [0.2, 0.25) is 11.8 Å². The summed E-state index contributed by atoms with van der Waals surface area (Å²) in [5.74, 6) is -1.29. The first-order valence-electron chi connectivity index (χ1n) is 5.85. The monoisotopic (exact) mass is 258 g/mol. The number of β-amino-alcohol motifs (C(OH)–C–C–N with tert-alkyl or cyclic N) is 1. The van der Waals surface area contributed by atoms with Gasteiger partial charge in [-0.25, -0.2) is 0 Å². The molecule has 18 heavy (non-hydrogen) atoms. The van der Waals surface area contributed by atoms with Gasteiger partial charge < -0.3 is 9.84 Å². The summed E-state index contributed by atoms with van der Waals surface area (Å²) in [6.07, 6.45) is -1.10. The van der Waals surface area contributed by atoms with Crippen molar-refractivity contribution in [2.75, 3.05) is 19.7 Å². The van der Waals surface area contributed by atoms with Crippen molar-refractivity contribution >= 4 is 17.8 Å². The van der Waals surface area contributed by atoms with E-state index in [9.17, 15) is 19.5 Å². The van der Waals surface area contributed by atoms with Gasteiger partial charge in [-0.05, 0) is 13.8 Å². The molecule has 0 aliphatic carbocycles. The van der Waals surface area contributed by atoms with E-state index in [1.807, 2.05) is 0 Å². The van der Waals surface area contributed by atoms with Gasteiger partial charge in [-0.15, -0.1) is 0 Å². The van der Waals surface area contributed by atoms with Gasteiger partial charge in [-0.1, -0.05) is 0 Å². The molecule has 7 heteroatoms. The second-order valence-electron chi connectivity index (χ2n) is 4.18. The fraction of sp³-hybridized carbons (Fsp3) is 0.727. The molecule has 0 aromatic carbocycles. The molecule has 0 radical (unpaired) electrons. The molecule has 2 amide bonds. The van der Waals surface area contributed by atoms with Crippen LogP contribution in [0.15, 0.2) is 0 Å². The van der Waals surface area contributed by atoms with Crippen molar-refractivity contribution in [1.82, 2.24) is 10.2 Å². The van der Waals surface area contributed by atoms with Crippen LogP contribution in [0.3, 0.4) is 0 Å². The number of aliphatic hydroxyl groups is 1. The third-order valence-electron chi connectivity index (χ3n) is 2.69. The summed E-state index contributed by atoms with van der Waals surface area (Å²) in [6, 6.07) is -0.500. The summed E-state index contributed by atoms with van der Waals surface area (Å²) in [4.78, 5) is 35.3. The lowest BCUT2D eigenvalue weighted by molar-refractivity contribution is -0.145. The van der Waals surface area contributed by atoms with Crippen LogP contribution in [0.5, 0.6) is 0 Å². The third kappa shape index (κ3) is 4.08. The number of imide groups is 1. The number of nitrogens with zero attached hydrogens (tertiary/aromatic N) is 1. The molecule has 1 rings (SSSR count). The Balaban J connectivity index is 2.47. The van der Waals surface area contributed by atoms with Crippen LogP contribution in [-0.2, 0) is 19.1 Å². The first kappa shape index (κ1) is 14.6. The highest BCUT2D eigenvalue weighted by Gasteiger charge is 2.31. The third-order valence-corrected chi connectivity index (χ3v) is 2.69. The van der Waals surface area contributed by atoms with Crippen molar-refractivity contribution in [3.63, 3.8) is 0 Å². The van der Waals surface area contributed by atoms with Crippen LogP contribution in [0.25, 0.3) is 0 Å². The van der Waals surface area contributed by atoms with Gasteiger partial charge in [0.15, 0.2) is 0 Å². The van der Waals surface area contributed by atoms with E-state index in [0.717, 1.165) is 0 Å². The molecule has 1 aliphatic rings. The summed E-state index contributed by atoms with van der Waals surface area (Å²) < 4.78 is 4.71. The molecule has 2 N–H and O–H groups in total. The van der Waals surface area contributed by atoms with Crippen LogP contribution in [0, 0.1) is 0 Å². The smallest absolute Gasteiger partial charge is 0.308 e. The van der Waals surface area contributed by atoms with E-state index in [1.54, 1.807) is 13.8 Å². The summed E-state index contributed by atoms with van der Waals surface area (Å²) >= 11 is 0. The molecule has 1 fully saturated rings. The van der Waals surface area contributed by atoms with Gasteiger partial charge in [-0.3, -0.25) is 24.6 Å². The first-order chi connectivity index (χ1) is 8.43. The van der Waals surface area contributed by atoms with Crippen LogP contribution in [-0.4, -0.2) is 59.6 Å². The van der Waals surface area contributed by atoms with Crippen LogP contribution in [0.1, 0.15) is 20.3 Å². The Morgan fingerprint density at radius 3 is 2.89 bits per heavy atom. The van der Waals surface area contributed by atoms with Gasteiger partial charge in [0.1, 0.15) is 0 Å². The van der Waals surface area contributed by atoms with Crippen LogP contribution in [0.4, 0.5) is 0 Å². The van der Waals surface area contributed by atoms with E-state index in [-0.39, 0.29) is 26.1 Å².